The molecule has 0 aliphatic carbocycles. The fourth-order valence-electron chi connectivity index (χ4n) is 2.99. The quantitative estimate of drug-likeness (QED) is 0.737. The Balaban J connectivity index is 1.74. The second-order valence-corrected chi connectivity index (χ2v) is 9.49. The van der Waals surface area contributed by atoms with Crippen LogP contribution in [0.3, 0.4) is 0 Å². The highest BCUT2D eigenvalue weighted by atomic mass is 32.2. The molecule has 2 aliphatic heterocycles. The van der Waals surface area contributed by atoms with Gasteiger partial charge in [-0.3, -0.25) is 0 Å². The van der Waals surface area contributed by atoms with Crippen molar-refractivity contribution in [3.05, 3.63) is 35.9 Å². The van der Waals surface area contributed by atoms with Crippen LogP contribution >= 0.6 is 0 Å². The van der Waals surface area contributed by atoms with Gasteiger partial charge in [0, 0.05) is 25.7 Å². The van der Waals surface area contributed by atoms with Gasteiger partial charge in [-0.25, -0.2) is 8.42 Å². The minimum atomic E-state index is -3.71. The Labute approximate surface area is 130 Å². The summed E-state index contributed by atoms with van der Waals surface area (Å²) in [5.41, 5.74) is 0.858. The summed E-state index contributed by atoms with van der Waals surface area (Å²) in [4.78, 5) is 0. The Kier molecular flexibility index (Phi) is 4.25. The summed E-state index contributed by atoms with van der Waals surface area (Å²) in [7, 11) is -6.89. The molecule has 2 saturated heterocycles. The molecule has 2 atom stereocenters. The van der Waals surface area contributed by atoms with Gasteiger partial charge in [0.05, 0.1) is 17.5 Å². The summed E-state index contributed by atoms with van der Waals surface area (Å²) in [6.45, 7) is 0.932. The number of hydrogen-bond acceptors (Lipinski definition) is 5. The minimum absolute atomic E-state index is 0.00235. The van der Waals surface area contributed by atoms with Crippen molar-refractivity contribution in [1.29, 1.82) is 0 Å². The van der Waals surface area contributed by atoms with Crippen LogP contribution in [-0.4, -0.2) is 57.8 Å². The summed E-state index contributed by atoms with van der Waals surface area (Å²) >= 11 is 0. The zero-order valence-corrected chi connectivity index (χ0v) is 13.6. The summed E-state index contributed by atoms with van der Waals surface area (Å²) in [6, 6.07) is 8.38. The molecule has 2 aliphatic rings. The molecule has 9 heteroatoms. The molecular formula is C13H19N3O4S2. The minimum Gasteiger partial charge on any atom is -0.310 e. The van der Waals surface area contributed by atoms with Gasteiger partial charge in [-0.05, 0) is 5.56 Å². The van der Waals surface area contributed by atoms with Crippen molar-refractivity contribution in [3.8, 4) is 0 Å². The van der Waals surface area contributed by atoms with Gasteiger partial charge >= 0.3 is 0 Å². The van der Waals surface area contributed by atoms with Crippen molar-refractivity contribution >= 4 is 20.0 Å². The van der Waals surface area contributed by atoms with Crippen molar-refractivity contribution in [1.82, 2.24) is 14.3 Å². The van der Waals surface area contributed by atoms with Gasteiger partial charge in [0.1, 0.15) is 0 Å². The summed E-state index contributed by atoms with van der Waals surface area (Å²) in [6.07, 6.45) is 0. The maximum atomic E-state index is 12.5. The molecule has 122 valence electrons. The molecule has 0 amide bonds. The SMILES string of the molecule is O=S1(=O)C[C@@H]2NCCN(S(=O)(=O)NCc3ccccc3)[C@@H]2C1. The molecule has 3 rings (SSSR count). The van der Waals surface area contributed by atoms with E-state index in [1.165, 1.54) is 4.31 Å². The fourth-order valence-corrected chi connectivity index (χ4v) is 6.46. The second kappa shape index (κ2) is 5.89. The van der Waals surface area contributed by atoms with E-state index in [0.29, 0.717) is 6.54 Å². The largest absolute Gasteiger partial charge is 0.310 e. The number of nitrogens with zero attached hydrogens (tertiary/aromatic N) is 1. The Morgan fingerprint density at radius 1 is 1.23 bits per heavy atom. The highest BCUT2D eigenvalue weighted by Crippen LogP contribution is 2.23. The van der Waals surface area contributed by atoms with Crippen molar-refractivity contribution in [2.75, 3.05) is 24.6 Å². The van der Waals surface area contributed by atoms with E-state index in [1.54, 1.807) is 0 Å². The van der Waals surface area contributed by atoms with Gasteiger partial charge in [-0.15, -0.1) is 0 Å². The molecule has 0 spiro atoms. The lowest BCUT2D eigenvalue weighted by Gasteiger charge is -2.36. The molecule has 0 unspecified atom stereocenters. The van der Waals surface area contributed by atoms with Gasteiger partial charge in [0.15, 0.2) is 9.84 Å². The molecular weight excluding hydrogens is 326 g/mol. The number of piperazine rings is 1. The van der Waals surface area contributed by atoms with E-state index in [2.05, 4.69) is 10.0 Å². The number of rotatable bonds is 4. The molecule has 1 aromatic carbocycles. The van der Waals surface area contributed by atoms with E-state index >= 15 is 0 Å². The first kappa shape index (κ1) is 15.9. The first-order chi connectivity index (χ1) is 10.4. The van der Waals surface area contributed by atoms with E-state index in [9.17, 15) is 16.8 Å². The number of nitrogens with one attached hydrogen (secondary N) is 2. The van der Waals surface area contributed by atoms with Gasteiger partial charge in [-0.2, -0.15) is 17.4 Å². The van der Waals surface area contributed by atoms with Gasteiger partial charge in [0.2, 0.25) is 0 Å². The van der Waals surface area contributed by atoms with E-state index in [1.807, 2.05) is 30.3 Å². The maximum Gasteiger partial charge on any atom is 0.280 e. The van der Waals surface area contributed by atoms with Crippen LogP contribution in [0.5, 0.6) is 0 Å². The van der Waals surface area contributed by atoms with Crippen molar-refractivity contribution < 1.29 is 16.8 Å². The summed E-state index contributed by atoms with van der Waals surface area (Å²) in [5, 5.41) is 3.10. The molecule has 2 N–H and O–H groups in total. The van der Waals surface area contributed by atoms with Crippen LogP contribution in [0.2, 0.25) is 0 Å². The van der Waals surface area contributed by atoms with E-state index in [0.717, 1.165) is 5.56 Å². The normalized spacial score (nSPS) is 28.4. The molecule has 2 fully saturated rings. The molecule has 0 bridgehead atoms. The van der Waals surface area contributed by atoms with E-state index in [-0.39, 0.29) is 30.6 Å². The van der Waals surface area contributed by atoms with Crippen LogP contribution in [0.25, 0.3) is 0 Å². The lowest BCUT2D eigenvalue weighted by Crippen LogP contribution is -2.60. The highest BCUT2D eigenvalue weighted by molar-refractivity contribution is 7.92. The number of hydrogen-bond donors (Lipinski definition) is 2. The first-order valence-corrected chi connectivity index (χ1v) is 10.4. The fraction of sp³-hybridized carbons (Fsp3) is 0.538. The lowest BCUT2D eigenvalue weighted by atomic mass is 10.1. The predicted octanol–water partition coefficient (Wildman–Crippen LogP) is -0.908. The molecule has 0 aromatic heterocycles. The summed E-state index contributed by atoms with van der Waals surface area (Å²) < 4.78 is 52.4. The third-order valence-corrected chi connectivity index (χ3v) is 7.34. The predicted molar refractivity (Wildman–Crippen MR) is 83.1 cm³/mol. The van der Waals surface area contributed by atoms with Gasteiger partial charge in [0.25, 0.3) is 10.2 Å². The Bertz CT molecular complexity index is 734. The lowest BCUT2D eigenvalue weighted by molar-refractivity contribution is 0.244. The average molecular weight is 345 g/mol. The summed E-state index contributed by atoms with van der Waals surface area (Å²) in [5.74, 6) is -0.112. The smallest absolute Gasteiger partial charge is 0.280 e. The van der Waals surface area contributed by atoms with Gasteiger partial charge < -0.3 is 5.32 Å². The van der Waals surface area contributed by atoms with Crippen molar-refractivity contribution in [2.45, 2.75) is 18.6 Å². The van der Waals surface area contributed by atoms with Crippen LogP contribution in [0.15, 0.2) is 30.3 Å². The number of fused-ring (bicyclic) bond motifs is 1. The molecule has 2 heterocycles. The van der Waals surface area contributed by atoms with Crippen LogP contribution in [-0.2, 0) is 26.6 Å². The van der Waals surface area contributed by atoms with Crippen molar-refractivity contribution in [2.24, 2.45) is 0 Å². The zero-order valence-electron chi connectivity index (χ0n) is 12.0. The van der Waals surface area contributed by atoms with Crippen LogP contribution in [0.1, 0.15) is 5.56 Å². The topological polar surface area (TPSA) is 95.6 Å². The first-order valence-electron chi connectivity index (χ1n) is 7.11. The van der Waals surface area contributed by atoms with Crippen LogP contribution < -0.4 is 10.0 Å². The number of sulfone groups is 1. The van der Waals surface area contributed by atoms with Crippen LogP contribution in [0.4, 0.5) is 0 Å². The molecule has 0 saturated carbocycles. The Hall–Kier alpha value is -1.00. The van der Waals surface area contributed by atoms with Crippen LogP contribution in [0, 0.1) is 0 Å². The second-order valence-electron chi connectivity index (χ2n) is 5.63. The molecule has 22 heavy (non-hydrogen) atoms. The monoisotopic (exact) mass is 345 g/mol. The van der Waals surface area contributed by atoms with Crippen molar-refractivity contribution in [3.63, 3.8) is 0 Å². The third kappa shape index (κ3) is 3.33. The highest BCUT2D eigenvalue weighted by Gasteiger charge is 2.46. The Morgan fingerprint density at radius 3 is 2.68 bits per heavy atom. The molecule has 7 nitrogen and oxygen atoms in total. The average Bonchev–Trinajstić information content (AvgIpc) is 2.79. The van der Waals surface area contributed by atoms with E-state index < -0.39 is 26.1 Å². The Morgan fingerprint density at radius 2 is 1.95 bits per heavy atom. The molecule has 1 aromatic rings. The maximum absolute atomic E-state index is 12.5. The third-order valence-electron chi connectivity index (χ3n) is 4.04. The zero-order chi connectivity index (χ0) is 15.8. The standard InChI is InChI=1S/C13H19N3O4S2/c17-21(18)9-12-13(10-21)16(7-6-14-12)22(19,20)15-8-11-4-2-1-3-5-11/h1-5,12-15H,6-10H2/t12-,13+/m0/s1. The number of benzene rings is 1. The van der Waals surface area contributed by atoms with E-state index in [4.69, 9.17) is 0 Å². The van der Waals surface area contributed by atoms with Gasteiger partial charge in [-0.1, -0.05) is 30.3 Å². The molecule has 0 radical (unpaired) electrons.